The lowest BCUT2D eigenvalue weighted by Crippen LogP contribution is -2.44. The SMILES string of the molecule is O=C(NCCCN1CCNCC1)c1c[nH]c(=O)[nH]1. The van der Waals surface area contributed by atoms with Crippen molar-refractivity contribution in [1.29, 1.82) is 0 Å². The summed E-state index contributed by atoms with van der Waals surface area (Å²) in [6.07, 6.45) is 2.30. The maximum Gasteiger partial charge on any atom is 0.323 e. The zero-order valence-corrected chi connectivity index (χ0v) is 10.3. The van der Waals surface area contributed by atoms with Crippen LogP contribution >= 0.6 is 0 Å². The fraction of sp³-hybridized carbons (Fsp3) is 0.636. The largest absolute Gasteiger partial charge is 0.351 e. The minimum absolute atomic E-state index is 0.242. The number of nitrogens with zero attached hydrogens (tertiary/aromatic N) is 1. The first-order valence-corrected chi connectivity index (χ1v) is 6.24. The standard InChI is InChI=1S/C11H19N5O2/c17-10(9-8-14-11(18)15-9)13-2-1-5-16-6-3-12-4-7-16/h8,12H,1-7H2,(H,13,17)(H2,14,15,18). The predicted molar refractivity (Wildman–Crippen MR) is 67.7 cm³/mol. The van der Waals surface area contributed by atoms with Gasteiger partial charge in [-0.1, -0.05) is 0 Å². The van der Waals surface area contributed by atoms with Crippen LogP contribution in [0, 0.1) is 0 Å². The summed E-state index contributed by atoms with van der Waals surface area (Å²) in [5.74, 6) is -0.242. The molecule has 0 atom stereocenters. The summed E-state index contributed by atoms with van der Waals surface area (Å²) >= 11 is 0. The number of hydrogen-bond donors (Lipinski definition) is 4. The van der Waals surface area contributed by atoms with Gasteiger partial charge in [0.25, 0.3) is 5.91 Å². The van der Waals surface area contributed by atoms with Crippen molar-refractivity contribution < 1.29 is 4.79 Å². The third-order valence-corrected chi connectivity index (χ3v) is 2.99. The van der Waals surface area contributed by atoms with Crippen LogP contribution in [0.1, 0.15) is 16.9 Å². The summed E-state index contributed by atoms with van der Waals surface area (Å²) in [5, 5.41) is 6.08. The number of amides is 1. The molecule has 1 saturated heterocycles. The molecule has 0 radical (unpaired) electrons. The summed E-state index contributed by atoms with van der Waals surface area (Å²) in [5.41, 5.74) is -0.0804. The number of nitrogens with one attached hydrogen (secondary N) is 4. The second-order valence-electron chi connectivity index (χ2n) is 4.36. The lowest BCUT2D eigenvalue weighted by Gasteiger charge is -2.26. The van der Waals surface area contributed by atoms with E-state index in [1.807, 2.05) is 0 Å². The lowest BCUT2D eigenvalue weighted by molar-refractivity contribution is 0.0946. The smallest absolute Gasteiger partial charge is 0.323 e. The normalized spacial score (nSPS) is 16.7. The molecule has 1 aliphatic rings. The van der Waals surface area contributed by atoms with Gasteiger partial charge in [-0.3, -0.25) is 4.79 Å². The summed E-state index contributed by atoms with van der Waals surface area (Å²) in [6, 6.07) is 0. The molecule has 7 nitrogen and oxygen atoms in total. The van der Waals surface area contributed by atoms with E-state index in [9.17, 15) is 9.59 Å². The number of H-pyrrole nitrogens is 2. The number of carbonyl (C=O) groups is 1. The molecule has 0 aromatic carbocycles. The van der Waals surface area contributed by atoms with Crippen LogP contribution in [0.5, 0.6) is 0 Å². The molecule has 0 bridgehead atoms. The van der Waals surface area contributed by atoms with Gasteiger partial charge in [0.05, 0.1) is 0 Å². The van der Waals surface area contributed by atoms with Gasteiger partial charge in [-0.05, 0) is 13.0 Å². The van der Waals surface area contributed by atoms with Crippen molar-refractivity contribution in [3.63, 3.8) is 0 Å². The molecule has 0 spiro atoms. The maximum atomic E-state index is 11.6. The quantitative estimate of drug-likeness (QED) is 0.492. The molecule has 1 fully saturated rings. The second kappa shape index (κ2) is 6.36. The summed E-state index contributed by atoms with van der Waals surface area (Å²) in [4.78, 5) is 29.6. The summed E-state index contributed by atoms with van der Waals surface area (Å²) in [6.45, 7) is 5.83. The van der Waals surface area contributed by atoms with E-state index in [0.717, 1.165) is 39.1 Å². The molecule has 0 unspecified atom stereocenters. The van der Waals surface area contributed by atoms with E-state index in [-0.39, 0.29) is 17.3 Å². The molecule has 1 aromatic rings. The highest BCUT2D eigenvalue weighted by molar-refractivity contribution is 5.91. The van der Waals surface area contributed by atoms with Crippen LogP contribution in [0.4, 0.5) is 0 Å². The van der Waals surface area contributed by atoms with Crippen molar-refractivity contribution >= 4 is 5.91 Å². The molecule has 1 aliphatic heterocycles. The van der Waals surface area contributed by atoms with Gasteiger partial charge in [0, 0.05) is 38.9 Å². The molecule has 7 heteroatoms. The number of piperazine rings is 1. The van der Waals surface area contributed by atoms with Crippen molar-refractivity contribution in [3.8, 4) is 0 Å². The second-order valence-corrected chi connectivity index (χ2v) is 4.36. The van der Waals surface area contributed by atoms with Crippen LogP contribution < -0.4 is 16.3 Å². The van der Waals surface area contributed by atoms with E-state index in [1.165, 1.54) is 6.20 Å². The first kappa shape index (κ1) is 12.8. The Labute approximate surface area is 105 Å². The summed E-state index contributed by atoms with van der Waals surface area (Å²) < 4.78 is 0. The zero-order valence-electron chi connectivity index (χ0n) is 10.3. The average Bonchev–Trinajstić information content (AvgIpc) is 2.82. The molecule has 0 aliphatic carbocycles. The first-order chi connectivity index (χ1) is 8.75. The number of carbonyl (C=O) groups excluding carboxylic acids is 1. The Morgan fingerprint density at radius 2 is 2.17 bits per heavy atom. The molecule has 2 heterocycles. The fourth-order valence-corrected chi connectivity index (χ4v) is 1.99. The van der Waals surface area contributed by atoms with Crippen LogP contribution in [0.2, 0.25) is 0 Å². The minimum atomic E-state index is -0.360. The highest BCUT2D eigenvalue weighted by Crippen LogP contribution is 1.94. The third-order valence-electron chi connectivity index (χ3n) is 2.99. The molecule has 0 saturated carbocycles. The van der Waals surface area contributed by atoms with Gasteiger partial charge in [0.15, 0.2) is 0 Å². The van der Waals surface area contributed by atoms with Crippen LogP contribution in [0.3, 0.4) is 0 Å². The van der Waals surface area contributed by atoms with Crippen LogP contribution in [0.15, 0.2) is 11.0 Å². The van der Waals surface area contributed by atoms with E-state index in [2.05, 4.69) is 25.5 Å². The van der Waals surface area contributed by atoms with Crippen molar-refractivity contribution in [2.75, 3.05) is 39.3 Å². The fourth-order valence-electron chi connectivity index (χ4n) is 1.99. The van der Waals surface area contributed by atoms with Gasteiger partial charge in [-0.2, -0.15) is 0 Å². The van der Waals surface area contributed by atoms with E-state index in [0.29, 0.717) is 6.54 Å². The van der Waals surface area contributed by atoms with Gasteiger partial charge in [0.1, 0.15) is 5.69 Å². The topological polar surface area (TPSA) is 93.0 Å². The Hall–Kier alpha value is -1.60. The van der Waals surface area contributed by atoms with E-state index in [4.69, 9.17) is 0 Å². The van der Waals surface area contributed by atoms with Crippen molar-refractivity contribution in [1.82, 2.24) is 25.5 Å². The third kappa shape index (κ3) is 3.71. The number of aromatic amines is 2. The van der Waals surface area contributed by atoms with Gasteiger partial charge < -0.3 is 25.5 Å². The predicted octanol–water partition coefficient (Wildman–Crippen LogP) is -1.27. The Morgan fingerprint density at radius 3 is 2.83 bits per heavy atom. The van der Waals surface area contributed by atoms with E-state index < -0.39 is 0 Å². The Balaban J connectivity index is 1.63. The Bertz CT molecular complexity index is 433. The maximum absolute atomic E-state index is 11.6. The molecule has 4 N–H and O–H groups in total. The number of imidazole rings is 1. The van der Waals surface area contributed by atoms with Gasteiger partial charge in [-0.15, -0.1) is 0 Å². The molecule has 100 valence electrons. The van der Waals surface area contributed by atoms with Gasteiger partial charge in [0.2, 0.25) is 0 Å². The Kier molecular flexibility index (Phi) is 4.54. The molecule has 2 rings (SSSR count). The van der Waals surface area contributed by atoms with Crippen LogP contribution in [0.25, 0.3) is 0 Å². The zero-order chi connectivity index (χ0) is 12.8. The van der Waals surface area contributed by atoms with Crippen LogP contribution in [-0.4, -0.2) is 60.0 Å². The van der Waals surface area contributed by atoms with Gasteiger partial charge >= 0.3 is 5.69 Å². The molecule has 1 aromatic heterocycles. The van der Waals surface area contributed by atoms with Gasteiger partial charge in [-0.25, -0.2) is 4.79 Å². The number of aromatic nitrogens is 2. The summed E-state index contributed by atoms with van der Waals surface area (Å²) in [7, 11) is 0. The minimum Gasteiger partial charge on any atom is -0.351 e. The molecule has 18 heavy (non-hydrogen) atoms. The highest BCUT2D eigenvalue weighted by atomic mass is 16.2. The molecular formula is C11H19N5O2. The van der Waals surface area contributed by atoms with Crippen LogP contribution in [-0.2, 0) is 0 Å². The first-order valence-electron chi connectivity index (χ1n) is 6.24. The van der Waals surface area contributed by atoms with E-state index in [1.54, 1.807) is 0 Å². The van der Waals surface area contributed by atoms with Crippen molar-refractivity contribution in [2.24, 2.45) is 0 Å². The number of rotatable bonds is 5. The van der Waals surface area contributed by atoms with Crippen molar-refractivity contribution in [3.05, 3.63) is 22.4 Å². The number of hydrogen-bond acceptors (Lipinski definition) is 4. The molecular weight excluding hydrogens is 234 g/mol. The lowest BCUT2D eigenvalue weighted by atomic mass is 10.3. The Morgan fingerprint density at radius 1 is 1.39 bits per heavy atom. The van der Waals surface area contributed by atoms with Crippen molar-refractivity contribution in [2.45, 2.75) is 6.42 Å². The highest BCUT2D eigenvalue weighted by Gasteiger charge is 2.10. The molecule has 1 amide bonds. The average molecular weight is 253 g/mol. The monoisotopic (exact) mass is 253 g/mol. The van der Waals surface area contributed by atoms with E-state index >= 15 is 0 Å².